The summed E-state index contributed by atoms with van der Waals surface area (Å²) >= 11 is 0. The molecule has 3 N–H and O–H groups in total. The van der Waals surface area contributed by atoms with E-state index in [0.717, 1.165) is 56.5 Å². The van der Waals surface area contributed by atoms with Gasteiger partial charge in [-0.05, 0) is 68.2 Å². The number of aryl methyl sites for hydroxylation is 1. The van der Waals surface area contributed by atoms with E-state index in [1.807, 2.05) is 29.2 Å². The van der Waals surface area contributed by atoms with Crippen molar-refractivity contribution in [3.05, 3.63) is 59.8 Å². The van der Waals surface area contributed by atoms with Crippen LogP contribution in [0.3, 0.4) is 0 Å². The minimum atomic E-state index is -0.192. The van der Waals surface area contributed by atoms with Crippen molar-refractivity contribution in [1.82, 2.24) is 15.2 Å². The fourth-order valence-corrected chi connectivity index (χ4v) is 7.15. The van der Waals surface area contributed by atoms with Crippen molar-refractivity contribution in [3.8, 4) is 5.75 Å². The summed E-state index contributed by atoms with van der Waals surface area (Å²) in [7, 11) is 0. The monoisotopic (exact) mass is 498 g/mol. The standard InChI is InChI=1S/C30H34N4O3/c35-29(15-20-16-31-26-7-3-4-8-28(26)37-20)34-17-18-9-12-27(34)23(13-18)30(36)32-19-10-11-25-22(14-19)21-5-1-2-6-24(21)33-25/h1-8,18-20,23,27,31,33H,9-17H2,(H,32,36)/t18-,19-,20?,23+,27+/m1/s1. The molecule has 2 aliphatic carbocycles. The highest BCUT2D eigenvalue weighted by molar-refractivity contribution is 5.86. The number of H-pyrrole nitrogens is 1. The smallest absolute Gasteiger partial charge is 0.226 e. The van der Waals surface area contributed by atoms with Gasteiger partial charge in [-0.2, -0.15) is 0 Å². The van der Waals surface area contributed by atoms with E-state index >= 15 is 0 Å². The molecule has 3 aromatic rings. The van der Waals surface area contributed by atoms with Gasteiger partial charge in [-0.1, -0.05) is 30.3 Å². The third kappa shape index (κ3) is 4.14. The summed E-state index contributed by atoms with van der Waals surface area (Å²) in [6.45, 7) is 1.39. The molecule has 1 saturated carbocycles. The van der Waals surface area contributed by atoms with Gasteiger partial charge in [0.1, 0.15) is 11.9 Å². The van der Waals surface area contributed by atoms with E-state index in [9.17, 15) is 9.59 Å². The molecule has 2 amide bonds. The summed E-state index contributed by atoms with van der Waals surface area (Å²) in [5.41, 5.74) is 4.81. The third-order valence-corrected chi connectivity index (χ3v) is 8.98. The molecule has 7 nitrogen and oxygen atoms in total. The van der Waals surface area contributed by atoms with E-state index in [0.29, 0.717) is 18.9 Å². The molecular weight excluding hydrogens is 464 g/mol. The second kappa shape index (κ2) is 9.12. The van der Waals surface area contributed by atoms with Crippen LogP contribution < -0.4 is 15.4 Å². The second-order valence-corrected chi connectivity index (χ2v) is 11.3. The summed E-state index contributed by atoms with van der Waals surface area (Å²) in [6, 6.07) is 16.4. The Labute approximate surface area is 216 Å². The van der Waals surface area contributed by atoms with Crippen LogP contribution in [0.2, 0.25) is 0 Å². The lowest BCUT2D eigenvalue weighted by Crippen LogP contribution is -2.60. The van der Waals surface area contributed by atoms with E-state index in [2.05, 4.69) is 39.9 Å². The fraction of sp³-hybridized carbons (Fsp3) is 0.467. The number of nitrogens with one attached hydrogen (secondary N) is 3. The van der Waals surface area contributed by atoms with Gasteiger partial charge in [0, 0.05) is 35.2 Å². The number of rotatable bonds is 4. The quantitative estimate of drug-likeness (QED) is 0.507. The zero-order valence-electron chi connectivity index (χ0n) is 21.0. The molecule has 192 valence electrons. The van der Waals surface area contributed by atoms with Crippen LogP contribution in [0.4, 0.5) is 5.69 Å². The first kappa shape index (κ1) is 22.7. The van der Waals surface area contributed by atoms with Gasteiger partial charge in [-0.3, -0.25) is 9.59 Å². The maximum Gasteiger partial charge on any atom is 0.226 e. The average molecular weight is 499 g/mol. The predicted octanol–water partition coefficient (Wildman–Crippen LogP) is 4.03. The van der Waals surface area contributed by atoms with E-state index < -0.39 is 0 Å². The summed E-state index contributed by atoms with van der Waals surface area (Å²) in [4.78, 5) is 32.6. The van der Waals surface area contributed by atoms with Crippen LogP contribution in [0.5, 0.6) is 5.75 Å². The molecular formula is C30H34N4O3. The number of anilines is 1. The highest BCUT2D eigenvalue weighted by Crippen LogP contribution is 2.40. The number of para-hydroxylation sites is 3. The van der Waals surface area contributed by atoms with E-state index in [4.69, 9.17) is 4.74 Å². The normalized spacial score (nSPS) is 28.1. The second-order valence-electron chi connectivity index (χ2n) is 11.3. The lowest BCUT2D eigenvalue weighted by atomic mass is 9.72. The average Bonchev–Trinajstić information content (AvgIpc) is 3.31. The topological polar surface area (TPSA) is 86.5 Å². The molecule has 1 aromatic heterocycles. The van der Waals surface area contributed by atoms with Crippen LogP contribution in [0.1, 0.15) is 43.4 Å². The number of fused-ring (bicyclic) bond motifs is 7. The van der Waals surface area contributed by atoms with Crippen LogP contribution in [-0.4, -0.2) is 53.0 Å². The van der Waals surface area contributed by atoms with Gasteiger partial charge in [0.2, 0.25) is 11.8 Å². The summed E-state index contributed by atoms with van der Waals surface area (Å²) in [5, 5.41) is 8.05. The van der Waals surface area contributed by atoms with Crippen LogP contribution in [0.15, 0.2) is 48.5 Å². The van der Waals surface area contributed by atoms with Gasteiger partial charge in [0.15, 0.2) is 0 Å². The first-order valence-electron chi connectivity index (χ1n) is 13.8. The number of carbonyl (C=O) groups excluding carboxylic acids is 2. The van der Waals surface area contributed by atoms with Crippen LogP contribution in [0.25, 0.3) is 10.9 Å². The molecule has 4 heterocycles. The Bertz CT molecular complexity index is 1350. The first-order chi connectivity index (χ1) is 18.1. The Kier molecular flexibility index (Phi) is 5.59. The Morgan fingerprint density at radius 3 is 2.84 bits per heavy atom. The molecule has 3 fully saturated rings. The zero-order valence-corrected chi connectivity index (χ0v) is 21.0. The predicted molar refractivity (Wildman–Crippen MR) is 143 cm³/mol. The van der Waals surface area contributed by atoms with E-state index in [1.54, 1.807) is 0 Å². The number of aromatic amines is 1. The summed E-state index contributed by atoms with van der Waals surface area (Å²) in [6.07, 6.45) is 5.82. The van der Waals surface area contributed by atoms with Crippen LogP contribution in [-0.2, 0) is 22.4 Å². The molecule has 0 radical (unpaired) electrons. The highest BCUT2D eigenvalue weighted by Gasteiger charge is 2.46. The lowest BCUT2D eigenvalue weighted by molar-refractivity contribution is -0.148. The van der Waals surface area contributed by atoms with Gasteiger partial charge in [0.25, 0.3) is 0 Å². The van der Waals surface area contributed by atoms with Gasteiger partial charge in [-0.25, -0.2) is 0 Å². The first-order valence-corrected chi connectivity index (χ1v) is 13.8. The number of ether oxygens (including phenoxy) is 1. The van der Waals surface area contributed by atoms with Crippen molar-refractivity contribution < 1.29 is 14.3 Å². The van der Waals surface area contributed by atoms with Crippen molar-refractivity contribution in [3.63, 3.8) is 0 Å². The largest absolute Gasteiger partial charge is 0.486 e. The van der Waals surface area contributed by atoms with Crippen LogP contribution >= 0.6 is 0 Å². The molecule has 2 aromatic carbocycles. The number of piperidine rings is 2. The Morgan fingerprint density at radius 1 is 1.05 bits per heavy atom. The Hall–Kier alpha value is -3.48. The van der Waals surface area contributed by atoms with Crippen molar-refractivity contribution in [1.29, 1.82) is 0 Å². The third-order valence-electron chi connectivity index (χ3n) is 8.98. The molecule has 0 spiro atoms. The number of hydrogen-bond acceptors (Lipinski definition) is 4. The van der Waals surface area contributed by atoms with Crippen molar-refractivity contribution in [2.24, 2.45) is 11.8 Å². The zero-order chi connectivity index (χ0) is 24.9. The number of carbonyl (C=O) groups is 2. The van der Waals surface area contributed by atoms with Crippen molar-refractivity contribution in [2.45, 2.75) is 63.1 Å². The summed E-state index contributed by atoms with van der Waals surface area (Å²) in [5.74, 6) is 1.33. The molecule has 37 heavy (non-hydrogen) atoms. The summed E-state index contributed by atoms with van der Waals surface area (Å²) < 4.78 is 6.11. The molecule has 2 saturated heterocycles. The highest BCUT2D eigenvalue weighted by atomic mass is 16.5. The number of amides is 2. The molecule has 3 aliphatic heterocycles. The Balaban J connectivity index is 1.01. The minimum Gasteiger partial charge on any atom is -0.486 e. The number of nitrogens with zero attached hydrogens (tertiary/aromatic N) is 1. The van der Waals surface area contributed by atoms with Gasteiger partial charge in [-0.15, -0.1) is 0 Å². The van der Waals surface area contributed by atoms with Gasteiger partial charge >= 0.3 is 0 Å². The number of aromatic nitrogens is 1. The molecule has 7 heteroatoms. The maximum atomic E-state index is 13.6. The van der Waals surface area contributed by atoms with Crippen molar-refractivity contribution >= 4 is 28.4 Å². The molecule has 1 unspecified atom stereocenters. The van der Waals surface area contributed by atoms with E-state index in [1.165, 1.54) is 22.2 Å². The molecule has 8 rings (SSSR count). The number of benzene rings is 2. The Morgan fingerprint density at radius 2 is 1.92 bits per heavy atom. The molecule has 5 atom stereocenters. The minimum absolute atomic E-state index is 0.00595. The van der Waals surface area contributed by atoms with Gasteiger partial charge in [0.05, 0.1) is 24.6 Å². The molecule has 2 bridgehead atoms. The fourth-order valence-electron chi connectivity index (χ4n) is 7.15. The van der Waals surface area contributed by atoms with Crippen molar-refractivity contribution in [2.75, 3.05) is 18.4 Å². The maximum absolute atomic E-state index is 13.6. The SMILES string of the molecule is O=C(N[C@@H]1CCc2[nH]c3ccccc3c2C1)[C@H]1C[C@H]2CC[C@@H]1N(C(=O)CC1CNc3ccccc3O1)C2. The van der Waals surface area contributed by atoms with E-state index in [-0.39, 0.29) is 35.9 Å². The van der Waals surface area contributed by atoms with Gasteiger partial charge < -0.3 is 25.3 Å². The van der Waals surface area contributed by atoms with Crippen LogP contribution in [0, 0.1) is 11.8 Å². The lowest BCUT2D eigenvalue weighted by Gasteiger charge is -2.49. The molecule has 5 aliphatic rings. The number of hydrogen-bond donors (Lipinski definition) is 3.